The van der Waals surface area contributed by atoms with Crippen LogP contribution in [0, 0.1) is 6.92 Å². The second-order valence-corrected chi connectivity index (χ2v) is 5.58. The fraction of sp³-hybridized carbons (Fsp3) is 0.235. The average molecular weight is 291 g/mol. The van der Waals surface area contributed by atoms with Crippen LogP contribution in [0.25, 0.3) is 10.8 Å². The molecule has 4 rings (SSSR count). The number of hydrogen-bond donors (Lipinski definition) is 1. The summed E-state index contributed by atoms with van der Waals surface area (Å²) in [6, 6.07) is 8.31. The van der Waals surface area contributed by atoms with Crippen molar-refractivity contribution in [1.29, 1.82) is 0 Å². The normalized spacial score (nSPS) is 14.0. The van der Waals surface area contributed by atoms with E-state index in [0.717, 1.165) is 24.7 Å². The largest absolute Gasteiger partial charge is 0.371 e. The Hall–Kier alpha value is -2.69. The molecule has 0 atom stereocenters. The van der Waals surface area contributed by atoms with Gasteiger partial charge in [0.1, 0.15) is 18.0 Å². The molecule has 0 spiro atoms. The molecule has 110 valence electrons. The van der Waals surface area contributed by atoms with E-state index in [2.05, 4.69) is 50.3 Å². The molecule has 1 aromatic carbocycles. The van der Waals surface area contributed by atoms with Crippen molar-refractivity contribution >= 4 is 28.1 Å². The van der Waals surface area contributed by atoms with E-state index in [9.17, 15) is 0 Å². The van der Waals surface area contributed by atoms with Gasteiger partial charge in [0.15, 0.2) is 0 Å². The zero-order chi connectivity index (χ0) is 14.9. The first kappa shape index (κ1) is 13.0. The number of fused-ring (bicyclic) bond motifs is 1. The highest BCUT2D eigenvalue weighted by atomic mass is 15.2. The summed E-state index contributed by atoms with van der Waals surface area (Å²) < 4.78 is 0. The monoisotopic (exact) mass is 291 g/mol. The Morgan fingerprint density at radius 3 is 2.68 bits per heavy atom. The molecule has 1 aliphatic rings. The van der Waals surface area contributed by atoms with Crippen molar-refractivity contribution in [3.8, 4) is 0 Å². The third-order valence-electron chi connectivity index (χ3n) is 4.13. The molecule has 1 N–H and O–H groups in total. The first-order chi connectivity index (χ1) is 10.8. The lowest BCUT2D eigenvalue weighted by atomic mass is 10.0. The lowest BCUT2D eigenvalue weighted by Gasteiger charge is -2.34. The van der Waals surface area contributed by atoms with Crippen LogP contribution in [0.4, 0.5) is 17.3 Å². The number of nitrogens with zero attached hydrogens (tertiary/aromatic N) is 4. The summed E-state index contributed by atoms with van der Waals surface area (Å²) in [4.78, 5) is 15.0. The van der Waals surface area contributed by atoms with Crippen LogP contribution in [0.1, 0.15) is 12.0 Å². The third-order valence-corrected chi connectivity index (χ3v) is 4.13. The molecule has 22 heavy (non-hydrogen) atoms. The SMILES string of the molecule is Cc1ccc(N2CCC2)c2cnc(Nc3ccncn3)cc12. The Kier molecular flexibility index (Phi) is 3.11. The summed E-state index contributed by atoms with van der Waals surface area (Å²) in [5, 5.41) is 5.67. The van der Waals surface area contributed by atoms with Crippen molar-refractivity contribution in [3.63, 3.8) is 0 Å². The van der Waals surface area contributed by atoms with Gasteiger partial charge in [0.05, 0.1) is 0 Å². The van der Waals surface area contributed by atoms with Crippen LogP contribution >= 0.6 is 0 Å². The summed E-state index contributed by atoms with van der Waals surface area (Å²) in [6.45, 7) is 4.41. The molecule has 0 saturated carbocycles. The topological polar surface area (TPSA) is 53.9 Å². The maximum absolute atomic E-state index is 4.55. The lowest BCUT2D eigenvalue weighted by Crippen LogP contribution is -2.37. The van der Waals surface area contributed by atoms with E-state index in [1.165, 1.54) is 34.8 Å². The van der Waals surface area contributed by atoms with Crippen LogP contribution in [-0.4, -0.2) is 28.0 Å². The minimum absolute atomic E-state index is 0.749. The predicted molar refractivity (Wildman–Crippen MR) is 88.6 cm³/mol. The van der Waals surface area contributed by atoms with Gasteiger partial charge < -0.3 is 10.2 Å². The standard InChI is InChI=1S/C17H17N5/c1-12-3-4-15(22-7-2-8-22)14-10-19-17(9-13(12)14)21-16-5-6-18-11-20-16/h3-6,9-11H,2,7-8H2,1H3,(H,18,19,20,21). The van der Waals surface area contributed by atoms with Crippen LogP contribution in [0.5, 0.6) is 0 Å². The Morgan fingerprint density at radius 2 is 1.95 bits per heavy atom. The van der Waals surface area contributed by atoms with E-state index in [1.807, 2.05) is 12.3 Å². The first-order valence-electron chi connectivity index (χ1n) is 7.48. The number of nitrogens with one attached hydrogen (secondary N) is 1. The molecule has 5 heteroatoms. The molecule has 0 bridgehead atoms. The predicted octanol–water partition coefficient (Wildman–Crippen LogP) is 3.29. The number of hydrogen-bond acceptors (Lipinski definition) is 5. The molecule has 2 aromatic heterocycles. The van der Waals surface area contributed by atoms with Crippen LogP contribution < -0.4 is 10.2 Å². The first-order valence-corrected chi connectivity index (χ1v) is 7.48. The molecule has 1 saturated heterocycles. The molecule has 3 aromatic rings. The van der Waals surface area contributed by atoms with Gasteiger partial charge >= 0.3 is 0 Å². The molecule has 1 aliphatic heterocycles. The van der Waals surface area contributed by atoms with Gasteiger partial charge in [-0.15, -0.1) is 0 Å². The van der Waals surface area contributed by atoms with Crippen molar-refractivity contribution in [3.05, 3.63) is 48.5 Å². The molecule has 0 unspecified atom stereocenters. The smallest absolute Gasteiger partial charge is 0.134 e. The molecule has 0 amide bonds. The zero-order valence-electron chi connectivity index (χ0n) is 12.5. The highest BCUT2D eigenvalue weighted by Crippen LogP contribution is 2.32. The van der Waals surface area contributed by atoms with Gasteiger partial charge in [-0.2, -0.15) is 0 Å². The number of pyridine rings is 1. The van der Waals surface area contributed by atoms with Gasteiger partial charge in [0.2, 0.25) is 0 Å². The van der Waals surface area contributed by atoms with E-state index < -0.39 is 0 Å². The van der Waals surface area contributed by atoms with Gasteiger partial charge in [-0.25, -0.2) is 15.0 Å². The number of anilines is 3. The van der Waals surface area contributed by atoms with Gasteiger partial charge in [-0.3, -0.25) is 0 Å². The van der Waals surface area contributed by atoms with Gasteiger partial charge in [-0.1, -0.05) is 6.07 Å². The second-order valence-electron chi connectivity index (χ2n) is 5.58. The molecular formula is C17H17N5. The molecule has 0 radical (unpaired) electrons. The van der Waals surface area contributed by atoms with Crippen LogP contribution in [0.3, 0.4) is 0 Å². The zero-order valence-corrected chi connectivity index (χ0v) is 12.5. The Balaban J connectivity index is 1.75. The minimum Gasteiger partial charge on any atom is -0.371 e. The Labute approximate surface area is 129 Å². The maximum Gasteiger partial charge on any atom is 0.134 e. The second kappa shape index (κ2) is 5.26. The summed E-state index contributed by atoms with van der Waals surface area (Å²) >= 11 is 0. The van der Waals surface area contributed by atoms with Crippen molar-refractivity contribution in [2.24, 2.45) is 0 Å². The van der Waals surface area contributed by atoms with E-state index in [1.54, 1.807) is 6.20 Å². The fourth-order valence-electron chi connectivity index (χ4n) is 2.77. The van der Waals surface area contributed by atoms with Crippen molar-refractivity contribution in [1.82, 2.24) is 15.0 Å². The Morgan fingerprint density at radius 1 is 1.05 bits per heavy atom. The summed E-state index contributed by atoms with van der Waals surface area (Å²) in [5.74, 6) is 1.55. The van der Waals surface area contributed by atoms with Crippen LogP contribution in [-0.2, 0) is 0 Å². The van der Waals surface area contributed by atoms with Crippen molar-refractivity contribution in [2.75, 3.05) is 23.3 Å². The molecule has 3 heterocycles. The fourth-order valence-corrected chi connectivity index (χ4v) is 2.77. The number of aromatic nitrogens is 3. The minimum atomic E-state index is 0.749. The number of benzene rings is 1. The van der Waals surface area contributed by atoms with E-state index in [0.29, 0.717) is 0 Å². The summed E-state index contributed by atoms with van der Waals surface area (Å²) in [6.07, 6.45) is 6.47. The van der Waals surface area contributed by atoms with Gasteiger partial charge in [0.25, 0.3) is 0 Å². The van der Waals surface area contributed by atoms with Crippen molar-refractivity contribution < 1.29 is 0 Å². The molecule has 5 nitrogen and oxygen atoms in total. The highest BCUT2D eigenvalue weighted by molar-refractivity contribution is 5.97. The number of rotatable bonds is 3. The van der Waals surface area contributed by atoms with E-state index in [-0.39, 0.29) is 0 Å². The number of aryl methyl sites for hydroxylation is 1. The van der Waals surface area contributed by atoms with Crippen LogP contribution in [0.15, 0.2) is 43.0 Å². The average Bonchev–Trinajstić information content (AvgIpc) is 2.50. The molecule has 0 aliphatic carbocycles. The molecule has 1 fully saturated rings. The van der Waals surface area contributed by atoms with Crippen molar-refractivity contribution in [2.45, 2.75) is 13.3 Å². The van der Waals surface area contributed by atoms with Crippen LogP contribution in [0.2, 0.25) is 0 Å². The van der Waals surface area contributed by atoms with Gasteiger partial charge in [0, 0.05) is 36.6 Å². The lowest BCUT2D eigenvalue weighted by molar-refractivity contribution is 0.620. The van der Waals surface area contributed by atoms with E-state index >= 15 is 0 Å². The Bertz CT molecular complexity index is 812. The quantitative estimate of drug-likeness (QED) is 0.802. The third kappa shape index (κ3) is 2.24. The summed E-state index contributed by atoms with van der Waals surface area (Å²) in [7, 11) is 0. The van der Waals surface area contributed by atoms with E-state index in [4.69, 9.17) is 0 Å². The summed E-state index contributed by atoms with van der Waals surface area (Å²) in [5.41, 5.74) is 2.54. The maximum atomic E-state index is 4.55. The van der Waals surface area contributed by atoms with Gasteiger partial charge in [-0.05, 0) is 42.5 Å². The highest BCUT2D eigenvalue weighted by Gasteiger charge is 2.17. The molecular weight excluding hydrogens is 274 g/mol.